The van der Waals surface area contributed by atoms with E-state index >= 15 is 0 Å². The van der Waals surface area contributed by atoms with Gasteiger partial charge in [-0.05, 0) is 56.9 Å². The van der Waals surface area contributed by atoms with Crippen LogP contribution in [0.25, 0.3) is 0 Å². The highest BCUT2D eigenvalue weighted by molar-refractivity contribution is 7.75. The van der Waals surface area contributed by atoms with Gasteiger partial charge in [0.1, 0.15) is 0 Å². The second kappa shape index (κ2) is 22.8. The molecule has 0 aliphatic carbocycles. The summed E-state index contributed by atoms with van der Waals surface area (Å²) in [4.78, 5) is 0. The van der Waals surface area contributed by atoms with Crippen LogP contribution < -0.4 is 0 Å². The van der Waals surface area contributed by atoms with Gasteiger partial charge in [0.2, 0.25) is 0 Å². The van der Waals surface area contributed by atoms with E-state index in [-0.39, 0.29) is 0 Å². The van der Waals surface area contributed by atoms with Crippen LogP contribution in [0.2, 0.25) is 0 Å². The fraction of sp³-hybridized carbons (Fsp3) is 0.758. The van der Waals surface area contributed by atoms with Gasteiger partial charge in [-0.3, -0.25) is 0 Å². The van der Waals surface area contributed by atoms with E-state index in [2.05, 4.69) is 56.8 Å². The largest absolute Gasteiger partial charge is 0.103 e. The second-order valence-electron chi connectivity index (χ2n) is 10.9. The Bertz CT molecular complexity index is 533. The molecule has 34 heavy (non-hydrogen) atoms. The minimum absolute atomic E-state index is 0.909. The molecule has 0 aliphatic heterocycles. The maximum absolute atomic E-state index is 3.86. The lowest BCUT2D eigenvalue weighted by Gasteiger charge is -2.28. The lowest BCUT2D eigenvalue weighted by molar-refractivity contribution is 0.608. The van der Waals surface area contributed by atoms with Gasteiger partial charge in [0.15, 0.2) is 0 Å². The van der Waals surface area contributed by atoms with Gasteiger partial charge < -0.3 is 0 Å². The molecule has 1 aromatic rings. The Morgan fingerprint density at radius 2 is 0.971 bits per heavy atom. The van der Waals surface area contributed by atoms with E-state index in [9.17, 15) is 0 Å². The number of allylic oxidation sites excluding steroid dienone is 1. The first-order valence-electron chi connectivity index (χ1n) is 15.3. The molecule has 0 fully saturated rings. The number of hydrogen-bond acceptors (Lipinski definition) is 0. The fourth-order valence-electron chi connectivity index (χ4n) is 5.44. The Morgan fingerprint density at radius 1 is 0.559 bits per heavy atom. The first-order valence-corrected chi connectivity index (χ1v) is 17.8. The molecule has 0 aromatic heterocycles. The lowest BCUT2D eigenvalue weighted by atomic mass is 10.1. The van der Waals surface area contributed by atoms with Crippen LogP contribution >= 0.6 is 7.26 Å². The normalized spacial score (nSPS) is 11.7. The molecule has 0 radical (unpaired) electrons. The Morgan fingerprint density at radius 3 is 1.41 bits per heavy atom. The summed E-state index contributed by atoms with van der Waals surface area (Å²) in [5.74, 6) is 0. The third-order valence-corrected chi connectivity index (χ3v) is 12.5. The van der Waals surface area contributed by atoms with Crippen LogP contribution in [-0.2, 0) is 6.16 Å². The van der Waals surface area contributed by atoms with Crippen LogP contribution in [0, 0.1) is 0 Å². The Hall–Kier alpha value is -0.610. The maximum Gasteiger partial charge on any atom is 0.0842 e. The van der Waals surface area contributed by atoms with Crippen molar-refractivity contribution in [1.82, 2.24) is 0 Å². The summed E-state index contributed by atoms with van der Waals surface area (Å²) >= 11 is 0. The molecule has 196 valence electrons. The summed E-state index contributed by atoms with van der Waals surface area (Å²) in [6.45, 7) is 8.52. The molecule has 1 heteroatoms. The molecule has 1 rings (SSSR count). The van der Waals surface area contributed by atoms with E-state index in [1.807, 2.05) is 0 Å². The third kappa shape index (κ3) is 16.9. The van der Waals surface area contributed by atoms with Gasteiger partial charge in [-0.25, -0.2) is 0 Å². The second-order valence-corrected chi connectivity index (χ2v) is 15.2. The average molecular weight is 488 g/mol. The van der Waals surface area contributed by atoms with Crippen LogP contribution in [0.4, 0.5) is 0 Å². The molecule has 0 saturated heterocycles. The topological polar surface area (TPSA) is 0 Å². The summed E-state index contributed by atoms with van der Waals surface area (Å²) < 4.78 is 0. The van der Waals surface area contributed by atoms with Crippen molar-refractivity contribution >= 4 is 7.26 Å². The first kappa shape index (κ1) is 31.4. The van der Waals surface area contributed by atoms with Crippen LogP contribution in [0.15, 0.2) is 43.0 Å². The predicted molar refractivity (Wildman–Crippen MR) is 161 cm³/mol. The van der Waals surface area contributed by atoms with Gasteiger partial charge in [0.05, 0.1) is 24.6 Å². The van der Waals surface area contributed by atoms with Crippen molar-refractivity contribution in [2.75, 3.05) is 18.5 Å². The SMILES string of the molecule is C=CCCCCCCCC[P+](CCCCCCCC)(CCCCCCCC)Cc1ccccc1. The highest BCUT2D eigenvalue weighted by atomic mass is 31.2. The van der Waals surface area contributed by atoms with Gasteiger partial charge in [-0.15, -0.1) is 6.58 Å². The van der Waals surface area contributed by atoms with Gasteiger partial charge in [-0.2, -0.15) is 0 Å². The molecule has 0 unspecified atom stereocenters. The Labute approximate surface area is 216 Å². The zero-order chi connectivity index (χ0) is 24.6. The zero-order valence-corrected chi connectivity index (χ0v) is 24.3. The van der Waals surface area contributed by atoms with E-state index in [1.165, 1.54) is 128 Å². The highest BCUT2D eigenvalue weighted by Gasteiger charge is 2.35. The number of unbranched alkanes of at least 4 members (excludes halogenated alkanes) is 16. The van der Waals surface area contributed by atoms with Crippen molar-refractivity contribution in [3.05, 3.63) is 48.6 Å². The fourth-order valence-corrected chi connectivity index (χ4v) is 10.3. The van der Waals surface area contributed by atoms with Crippen LogP contribution in [-0.4, -0.2) is 18.5 Å². The molecule has 0 nitrogen and oxygen atoms in total. The minimum atomic E-state index is -0.909. The molecule has 0 spiro atoms. The van der Waals surface area contributed by atoms with Crippen molar-refractivity contribution < 1.29 is 0 Å². The molecule has 0 N–H and O–H groups in total. The van der Waals surface area contributed by atoms with E-state index in [0.29, 0.717) is 0 Å². The van der Waals surface area contributed by atoms with E-state index in [1.54, 1.807) is 24.0 Å². The third-order valence-electron chi connectivity index (χ3n) is 7.62. The number of benzene rings is 1. The van der Waals surface area contributed by atoms with Crippen LogP contribution in [0.1, 0.15) is 141 Å². The number of rotatable bonds is 25. The molecule has 0 amide bonds. The molecule has 0 aliphatic rings. The van der Waals surface area contributed by atoms with Gasteiger partial charge in [0, 0.05) is 7.26 Å². The summed E-state index contributed by atoms with van der Waals surface area (Å²) in [6, 6.07) is 11.6. The monoisotopic (exact) mass is 487 g/mol. The summed E-state index contributed by atoms with van der Waals surface area (Å²) in [6.07, 6.45) is 35.2. The first-order chi connectivity index (χ1) is 16.8. The van der Waals surface area contributed by atoms with Crippen molar-refractivity contribution in [3.8, 4) is 0 Å². The Kier molecular flexibility index (Phi) is 21.1. The molecule has 0 bridgehead atoms. The van der Waals surface area contributed by atoms with Gasteiger partial charge >= 0.3 is 0 Å². The zero-order valence-electron chi connectivity index (χ0n) is 23.4. The maximum atomic E-state index is 3.86. The van der Waals surface area contributed by atoms with E-state index in [0.717, 1.165) is 0 Å². The van der Waals surface area contributed by atoms with E-state index < -0.39 is 7.26 Å². The lowest BCUT2D eigenvalue weighted by Crippen LogP contribution is -2.12. The quantitative estimate of drug-likeness (QED) is 0.0730. The van der Waals surface area contributed by atoms with Crippen molar-refractivity contribution in [3.63, 3.8) is 0 Å². The molecule has 0 atom stereocenters. The van der Waals surface area contributed by atoms with Gasteiger partial charge in [-0.1, -0.05) is 121 Å². The average Bonchev–Trinajstić information content (AvgIpc) is 2.86. The van der Waals surface area contributed by atoms with Crippen molar-refractivity contribution in [2.24, 2.45) is 0 Å². The molecule has 0 heterocycles. The van der Waals surface area contributed by atoms with Crippen LogP contribution in [0.5, 0.6) is 0 Å². The Balaban J connectivity index is 2.67. The van der Waals surface area contributed by atoms with Crippen molar-refractivity contribution in [2.45, 2.75) is 142 Å². The van der Waals surface area contributed by atoms with Gasteiger partial charge in [0.25, 0.3) is 0 Å². The smallest absolute Gasteiger partial charge is 0.0842 e. The van der Waals surface area contributed by atoms with E-state index in [4.69, 9.17) is 0 Å². The summed E-state index contributed by atoms with van der Waals surface area (Å²) in [5.41, 5.74) is 1.62. The number of hydrogen-bond donors (Lipinski definition) is 0. The van der Waals surface area contributed by atoms with Crippen LogP contribution in [0.3, 0.4) is 0 Å². The predicted octanol–water partition coefficient (Wildman–Crippen LogP) is 11.8. The van der Waals surface area contributed by atoms with Crippen molar-refractivity contribution in [1.29, 1.82) is 0 Å². The minimum Gasteiger partial charge on any atom is -0.103 e. The molecule has 0 saturated carbocycles. The summed E-state index contributed by atoms with van der Waals surface area (Å²) in [7, 11) is -0.909. The highest BCUT2D eigenvalue weighted by Crippen LogP contribution is 2.63. The molecular formula is C33H60P+. The standard InChI is InChI=1S/C33H60P/c1-4-7-10-13-16-17-20-26-31-34(29-24-18-14-11-8-5-2,30-25-19-15-12-9-6-3)32-33-27-22-21-23-28-33/h4,21-23,27-28H,1,5-20,24-26,29-32H2,2-3H3/q+1. The summed E-state index contributed by atoms with van der Waals surface area (Å²) in [5, 5.41) is 0. The molecular weight excluding hydrogens is 427 g/mol. The molecule has 1 aromatic carbocycles.